The Morgan fingerprint density at radius 1 is 1.14 bits per heavy atom. The highest BCUT2D eigenvalue weighted by atomic mass is 19.1. The molecule has 0 unspecified atom stereocenters. The van der Waals surface area contributed by atoms with Crippen molar-refractivity contribution in [2.24, 2.45) is 0 Å². The highest BCUT2D eigenvalue weighted by Crippen LogP contribution is 2.22. The van der Waals surface area contributed by atoms with E-state index >= 15 is 0 Å². The molecule has 0 saturated heterocycles. The molecule has 1 N–H and O–H groups in total. The summed E-state index contributed by atoms with van der Waals surface area (Å²) in [4.78, 5) is 16.4. The number of rotatable bonds is 3. The van der Waals surface area contributed by atoms with Gasteiger partial charge in [0.15, 0.2) is 0 Å². The second-order valence-electron chi connectivity index (χ2n) is 5.74. The molecule has 0 spiro atoms. The third-order valence-corrected chi connectivity index (χ3v) is 4.15. The predicted molar refractivity (Wildman–Crippen MR) is 84.0 cm³/mol. The van der Waals surface area contributed by atoms with Crippen LogP contribution in [0.5, 0.6) is 0 Å². The van der Waals surface area contributed by atoms with Crippen LogP contribution in [0.3, 0.4) is 0 Å². The van der Waals surface area contributed by atoms with E-state index in [1.807, 2.05) is 12.1 Å². The van der Waals surface area contributed by atoms with Crippen LogP contribution in [0.15, 0.2) is 42.7 Å². The average molecular weight is 298 g/mol. The molecule has 3 nitrogen and oxygen atoms in total. The van der Waals surface area contributed by atoms with E-state index in [-0.39, 0.29) is 17.5 Å². The van der Waals surface area contributed by atoms with Gasteiger partial charge in [0.2, 0.25) is 0 Å². The molecule has 1 aromatic heterocycles. The number of aromatic nitrogens is 1. The van der Waals surface area contributed by atoms with E-state index < -0.39 is 5.82 Å². The first-order chi connectivity index (χ1) is 10.7. The maximum Gasteiger partial charge on any atom is 0.254 e. The molecule has 1 aliphatic carbocycles. The summed E-state index contributed by atoms with van der Waals surface area (Å²) in [6, 6.07) is 8.50. The molecule has 1 fully saturated rings. The molecule has 22 heavy (non-hydrogen) atoms. The van der Waals surface area contributed by atoms with Gasteiger partial charge in [-0.05, 0) is 36.6 Å². The van der Waals surface area contributed by atoms with Crippen LogP contribution in [-0.4, -0.2) is 16.9 Å². The number of amides is 1. The van der Waals surface area contributed by atoms with Crippen LogP contribution >= 0.6 is 0 Å². The largest absolute Gasteiger partial charge is 0.349 e. The second-order valence-corrected chi connectivity index (χ2v) is 5.74. The first-order valence-electron chi connectivity index (χ1n) is 7.75. The number of hydrogen-bond acceptors (Lipinski definition) is 2. The van der Waals surface area contributed by atoms with Crippen LogP contribution in [-0.2, 0) is 0 Å². The second kappa shape index (κ2) is 6.69. The van der Waals surface area contributed by atoms with E-state index in [4.69, 9.17) is 0 Å². The SMILES string of the molecule is O=C(NC1CCCCC1)c1cc(-c2cccnc2)ccc1F. The first-order valence-corrected chi connectivity index (χ1v) is 7.75. The number of halogens is 1. The van der Waals surface area contributed by atoms with E-state index in [1.54, 1.807) is 24.5 Å². The molecule has 0 bridgehead atoms. The smallest absolute Gasteiger partial charge is 0.254 e. The zero-order valence-electron chi connectivity index (χ0n) is 12.4. The highest BCUT2D eigenvalue weighted by Gasteiger charge is 2.19. The van der Waals surface area contributed by atoms with Crippen molar-refractivity contribution in [1.29, 1.82) is 0 Å². The van der Waals surface area contributed by atoms with E-state index in [0.29, 0.717) is 0 Å². The van der Waals surface area contributed by atoms with Crippen LogP contribution in [0.1, 0.15) is 42.5 Å². The molecule has 2 aromatic rings. The molecule has 0 aliphatic heterocycles. The fourth-order valence-electron chi connectivity index (χ4n) is 2.92. The lowest BCUT2D eigenvalue weighted by Crippen LogP contribution is -2.36. The highest BCUT2D eigenvalue weighted by molar-refractivity contribution is 5.96. The molecular weight excluding hydrogens is 279 g/mol. The lowest BCUT2D eigenvalue weighted by molar-refractivity contribution is 0.0923. The molecule has 1 aromatic carbocycles. The maximum atomic E-state index is 14.0. The monoisotopic (exact) mass is 298 g/mol. The van der Waals surface area contributed by atoms with Gasteiger partial charge in [-0.15, -0.1) is 0 Å². The van der Waals surface area contributed by atoms with E-state index in [2.05, 4.69) is 10.3 Å². The van der Waals surface area contributed by atoms with Gasteiger partial charge in [-0.3, -0.25) is 9.78 Å². The lowest BCUT2D eigenvalue weighted by atomic mass is 9.95. The van der Waals surface area contributed by atoms with Gasteiger partial charge in [-0.25, -0.2) is 4.39 Å². The van der Waals surface area contributed by atoms with Crippen molar-refractivity contribution in [2.45, 2.75) is 38.1 Å². The number of carbonyl (C=O) groups excluding carboxylic acids is 1. The number of carbonyl (C=O) groups is 1. The minimum atomic E-state index is -0.485. The van der Waals surface area contributed by atoms with Gasteiger partial charge in [0.05, 0.1) is 5.56 Å². The molecule has 1 aliphatic rings. The summed E-state index contributed by atoms with van der Waals surface area (Å²) >= 11 is 0. The topological polar surface area (TPSA) is 42.0 Å². The number of nitrogens with zero attached hydrogens (tertiary/aromatic N) is 1. The summed E-state index contributed by atoms with van der Waals surface area (Å²) in [5, 5.41) is 2.96. The van der Waals surface area contributed by atoms with E-state index in [0.717, 1.165) is 36.8 Å². The average Bonchev–Trinajstić information content (AvgIpc) is 2.57. The van der Waals surface area contributed by atoms with Crippen molar-refractivity contribution in [3.63, 3.8) is 0 Å². The van der Waals surface area contributed by atoms with Crippen molar-refractivity contribution in [3.8, 4) is 11.1 Å². The fourth-order valence-corrected chi connectivity index (χ4v) is 2.92. The summed E-state index contributed by atoms with van der Waals surface area (Å²) < 4.78 is 14.0. The van der Waals surface area contributed by atoms with Crippen LogP contribution in [0.25, 0.3) is 11.1 Å². The van der Waals surface area contributed by atoms with Crippen LogP contribution < -0.4 is 5.32 Å². The summed E-state index contributed by atoms with van der Waals surface area (Å²) in [5.41, 5.74) is 1.77. The Bertz CT molecular complexity index is 651. The fraction of sp³-hybridized carbons (Fsp3) is 0.333. The molecule has 1 amide bonds. The Morgan fingerprint density at radius 3 is 2.68 bits per heavy atom. The van der Waals surface area contributed by atoms with Gasteiger partial charge >= 0.3 is 0 Å². The van der Waals surface area contributed by atoms with Gasteiger partial charge in [-0.2, -0.15) is 0 Å². The van der Waals surface area contributed by atoms with Crippen molar-refractivity contribution in [3.05, 3.63) is 54.1 Å². The van der Waals surface area contributed by atoms with Crippen LogP contribution in [0, 0.1) is 5.82 Å². The molecule has 1 heterocycles. The quantitative estimate of drug-likeness (QED) is 0.932. The minimum absolute atomic E-state index is 0.104. The Labute approximate surface area is 129 Å². The molecule has 1 saturated carbocycles. The summed E-state index contributed by atoms with van der Waals surface area (Å²) in [6.45, 7) is 0. The normalized spacial score (nSPS) is 15.5. The summed E-state index contributed by atoms with van der Waals surface area (Å²) in [5.74, 6) is -0.809. The number of nitrogens with one attached hydrogen (secondary N) is 1. The van der Waals surface area contributed by atoms with Crippen molar-refractivity contribution in [1.82, 2.24) is 10.3 Å². The van der Waals surface area contributed by atoms with Gasteiger partial charge < -0.3 is 5.32 Å². The predicted octanol–water partition coefficient (Wildman–Crippen LogP) is 3.95. The van der Waals surface area contributed by atoms with Gasteiger partial charge in [-0.1, -0.05) is 31.4 Å². The van der Waals surface area contributed by atoms with E-state index in [1.165, 1.54) is 12.5 Å². The van der Waals surface area contributed by atoms with Crippen molar-refractivity contribution >= 4 is 5.91 Å². The summed E-state index contributed by atoms with van der Waals surface area (Å²) in [7, 11) is 0. The molecule has 0 radical (unpaired) electrons. The molecule has 4 heteroatoms. The van der Waals surface area contributed by atoms with Gasteiger partial charge in [0, 0.05) is 24.0 Å². The third kappa shape index (κ3) is 3.32. The third-order valence-electron chi connectivity index (χ3n) is 4.15. The Balaban J connectivity index is 1.81. The minimum Gasteiger partial charge on any atom is -0.349 e. The van der Waals surface area contributed by atoms with Crippen molar-refractivity contribution < 1.29 is 9.18 Å². The number of benzene rings is 1. The first kappa shape index (κ1) is 14.7. The maximum absolute atomic E-state index is 14.0. The molecule has 0 atom stereocenters. The Kier molecular flexibility index (Phi) is 4.47. The van der Waals surface area contributed by atoms with E-state index in [9.17, 15) is 9.18 Å². The summed E-state index contributed by atoms with van der Waals surface area (Å²) in [6.07, 6.45) is 8.83. The zero-order valence-corrected chi connectivity index (χ0v) is 12.4. The lowest BCUT2D eigenvalue weighted by Gasteiger charge is -2.23. The standard InChI is InChI=1S/C18H19FN2O/c19-17-9-8-13(14-5-4-10-20-12-14)11-16(17)18(22)21-15-6-2-1-3-7-15/h4-5,8-12,15H,1-3,6-7H2,(H,21,22). The molecule has 114 valence electrons. The van der Waals surface area contributed by atoms with Gasteiger partial charge in [0.25, 0.3) is 5.91 Å². The van der Waals surface area contributed by atoms with Crippen LogP contribution in [0.4, 0.5) is 4.39 Å². The van der Waals surface area contributed by atoms with Crippen molar-refractivity contribution in [2.75, 3.05) is 0 Å². The Hall–Kier alpha value is -2.23. The number of hydrogen-bond donors (Lipinski definition) is 1. The van der Waals surface area contributed by atoms with Gasteiger partial charge in [0.1, 0.15) is 5.82 Å². The Morgan fingerprint density at radius 2 is 1.95 bits per heavy atom. The molecular formula is C18H19FN2O. The zero-order chi connectivity index (χ0) is 15.4. The number of pyridine rings is 1. The molecule has 3 rings (SSSR count). The van der Waals surface area contributed by atoms with Crippen LogP contribution in [0.2, 0.25) is 0 Å².